The summed E-state index contributed by atoms with van der Waals surface area (Å²) in [6.07, 6.45) is 6.47. The highest BCUT2D eigenvalue weighted by Crippen LogP contribution is 2.46. The van der Waals surface area contributed by atoms with Crippen LogP contribution in [0.4, 0.5) is 0 Å². The zero-order chi connectivity index (χ0) is 20.0. The molecule has 2 aromatic carbocycles. The number of aryl methyl sites for hydroxylation is 3. The van der Waals surface area contributed by atoms with Crippen LogP contribution < -0.4 is 0 Å². The lowest BCUT2D eigenvalue weighted by molar-refractivity contribution is 0.996. The predicted octanol–water partition coefficient (Wildman–Crippen LogP) is 7.33. The summed E-state index contributed by atoms with van der Waals surface area (Å²) in [5.74, 6) is 0.222. The zero-order valence-corrected chi connectivity index (χ0v) is 17.2. The van der Waals surface area contributed by atoms with Crippen LogP contribution in [0.5, 0.6) is 0 Å². The summed E-state index contributed by atoms with van der Waals surface area (Å²) in [7, 11) is 0. The summed E-state index contributed by atoms with van der Waals surface area (Å²) < 4.78 is 0. The summed E-state index contributed by atoms with van der Waals surface area (Å²) in [6, 6.07) is 13.3. The molecule has 0 spiro atoms. The number of allylic oxidation sites excluding steroid dienone is 7. The highest BCUT2D eigenvalue weighted by molar-refractivity contribution is 5.86. The largest absolute Gasteiger partial charge is 0.0986 e. The van der Waals surface area contributed by atoms with Gasteiger partial charge < -0.3 is 0 Å². The van der Waals surface area contributed by atoms with Gasteiger partial charge in [0.25, 0.3) is 0 Å². The van der Waals surface area contributed by atoms with Crippen molar-refractivity contribution < 1.29 is 0 Å². The summed E-state index contributed by atoms with van der Waals surface area (Å²) >= 11 is 0. The normalized spacial score (nSPS) is 20.5. The van der Waals surface area contributed by atoms with Crippen LogP contribution in [0, 0.1) is 20.8 Å². The van der Waals surface area contributed by atoms with Gasteiger partial charge in [0.1, 0.15) is 0 Å². The fraction of sp³-hybridized carbons (Fsp3) is 0.214. The van der Waals surface area contributed by atoms with E-state index in [1.165, 1.54) is 55.7 Å². The van der Waals surface area contributed by atoms with Crippen molar-refractivity contribution in [2.24, 2.45) is 0 Å². The van der Waals surface area contributed by atoms with Gasteiger partial charge in [0.05, 0.1) is 0 Å². The molecule has 0 N–H and O–H groups in total. The molecule has 0 amide bonds. The molecule has 0 bridgehead atoms. The first-order chi connectivity index (χ1) is 13.3. The number of rotatable bonds is 2. The van der Waals surface area contributed by atoms with E-state index in [1.54, 1.807) is 0 Å². The molecule has 1 unspecified atom stereocenters. The minimum Gasteiger partial charge on any atom is -0.0986 e. The standard InChI is InChI=1S/C28H28/c1-17-8-7-9-24(13-17)28-20(4)15-26(22(28)6)16-23-10-11-25-14-18(2)12-19(3)27(25)21(23)5/h7-10,12-14,16,28H,4-6,11,15H2,1-3H3/b26-16-. The van der Waals surface area contributed by atoms with Crippen LogP contribution in [-0.2, 0) is 6.42 Å². The Labute approximate surface area is 169 Å². The van der Waals surface area contributed by atoms with Crippen molar-refractivity contribution in [3.05, 3.63) is 124 Å². The minimum atomic E-state index is 0.222. The average Bonchev–Trinajstić information content (AvgIpc) is 2.90. The van der Waals surface area contributed by atoms with Gasteiger partial charge in [-0.25, -0.2) is 0 Å². The Morgan fingerprint density at radius 1 is 0.964 bits per heavy atom. The van der Waals surface area contributed by atoms with Crippen molar-refractivity contribution in [3.63, 3.8) is 0 Å². The van der Waals surface area contributed by atoms with E-state index in [4.69, 9.17) is 0 Å². The SMILES string of the molecule is C=C1C(/C=C2/CC(=C)C(c3cccc(C)c3)C2=C)=CCc2cc(C)cc(C)c21. The Morgan fingerprint density at radius 2 is 1.75 bits per heavy atom. The van der Waals surface area contributed by atoms with E-state index in [9.17, 15) is 0 Å². The smallest absolute Gasteiger partial charge is 0.0296 e. The molecule has 0 heteroatoms. The third-order valence-corrected chi connectivity index (χ3v) is 6.05. The molecule has 0 aliphatic heterocycles. The number of hydrogen-bond acceptors (Lipinski definition) is 0. The second kappa shape index (κ2) is 6.95. The lowest BCUT2D eigenvalue weighted by Crippen LogP contribution is -2.04. The van der Waals surface area contributed by atoms with Crippen molar-refractivity contribution in [1.82, 2.24) is 0 Å². The molecule has 2 aromatic rings. The van der Waals surface area contributed by atoms with Gasteiger partial charge in [0.2, 0.25) is 0 Å². The fourth-order valence-electron chi connectivity index (χ4n) is 4.79. The van der Waals surface area contributed by atoms with E-state index in [1.807, 2.05) is 0 Å². The van der Waals surface area contributed by atoms with Gasteiger partial charge in [-0.15, -0.1) is 0 Å². The number of hydrogen-bond donors (Lipinski definition) is 0. The maximum Gasteiger partial charge on any atom is 0.0296 e. The minimum absolute atomic E-state index is 0.222. The predicted molar refractivity (Wildman–Crippen MR) is 122 cm³/mol. The second-order valence-corrected chi connectivity index (χ2v) is 8.34. The molecule has 4 rings (SSSR count). The van der Waals surface area contributed by atoms with Crippen LogP contribution in [-0.4, -0.2) is 0 Å². The second-order valence-electron chi connectivity index (χ2n) is 8.34. The van der Waals surface area contributed by atoms with Gasteiger partial charge in [-0.3, -0.25) is 0 Å². The topological polar surface area (TPSA) is 0 Å². The van der Waals surface area contributed by atoms with Crippen LogP contribution in [0.15, 0.2) is 90.6 Å². The molecule has 2 aliphatic carbocycles. The molecule has 28 heavy (non-hydrogen) atoms. The Kier molecular flexibility index (Phi) is 4.59. The molecule has 0 saturated heterocycles. The summed E-state index contributed by atoms with van der Waals surface area (Å²) in [4.78, 5) is 0. The molecular weight excluding hydrogens is 336 g/mol. The Morgan fingerprint density at radius 3 is 2.50 bits per heavy atom. The molecule has 1 atom stereocenters. The van der Waals surface area contributed by atoms with E-state index < -0.39 is 0 Å². The van der Waals surface area contributed by atoms with E-state index in [0.717, 1.165) is 18.4 Å². The van der Waals surface area contributed by atoms with Crippen molar-refractivity contribution >= 4 is 5.57 Å². The van der Waals surface area contributed by atoms with E-state index in [2.05, 4.69) is 89.1 Å². The average molecular weight is 365 g/mol. The van der Waals surface area contributed by atoms with Gasteiger partial charge in [0, 0.05) is 5.92 Å². The summed E-state index contributed by atoms with van der Waals surface area (Å²) in [5.41, 5.74) is 14.0. The zero-order valence-electron chi connectivity index (χ0n) is 17.2. The van der Waals surface area contributed by atoms with Crippen LogP contribution in [0.25, 0.3) is 5.57 Å². The van der Waals surface area contributed by atoms with Gasteiger partial charge in [-0.05, 0) is 78.2 Å². The molecule has 2 aliphatic rings. The quantitative estimate of drug-likeness (QED) is 0.489. The summed E-state index contributed by atoms with van der Waals surface area (Å²) in [5, 5.41) is 0. The van der Waals surface area contributed by atoms with Crippen molar-refractivity contribution in [2.45, 2.75) is 39.5 Å². The lowest BCUT2D eigenvalue weighted by atomic mass is 9.83. The molecule has 140 valence electrons. The third-order valence-electron chi connectivity index (χ3n) is 6.05. The molecule has 1 saturated carbocycles. The highest BCUT2D eigenvalue weighted by Gasteiger charge is 2.29. The monoisotopic (exact) mass is 364 g/mol. The van der Waals surface area contributed by atoms with Gasteiger partial charge in [-0.1, -0.05) is 85.0 Å². The molecular formula is C28H28. The van der Waals surface area contributed by atoms with Crippen molar-refractivity contribution in [1.29, 1.82) is 0 Å². The van der Waals surface area contributed by atoms with E-state index in [-0.39, 0.29) is 5.92 Å². The maximum absolute atomic E-state index is 4.45. The Balaban J connectivity index is 1.67. The first kappa shape index (κ1) is 18.5. The molecule has 0 radical (unpaired) electrons. The van der Waals surface area contributed by atoms with Gasteiger partial charge in [-0.2, -0.15) is 0 Å². The highest BCUT2D eigenvalue weighted by atomic mass is 14.3. The van der Waals surface area contributed by atoms with E-state index in [0.29, 0.717) is 0 Å². The Bertz CT molecular complexity index is 1090. The molecule has 0 nitrogen and oxygen atoms in total. The van der Waals surface area contributed by atoms with Gasteiger partial charge >= 0.3 is 0 Å². The maximum atomic E-state index is 4.45. The lowest BCUT2D eigenvalue weighted by Gasteiger charge is -2.21. The van der Waals surface area contributed by atoms with Gasteiger partial charge in [0.15, 0.2) is 0 Å². The van der Waals surface area contributed by atoms with Crippen LogP contribution >= 0.6 is 0 Å². The number of fused-ring (bicyclic) bond motifs is 1. The number of benzene rings is 2. The first-order valence-electron chi connectivity index (χ1n) is 9.99. The summed E-state index contributed by atoms with van der Waals surface area (Å²) in [6.45, 7) is 19.8. The van der Waals surface area contributed by atoms with Crippen LogP contribution in [0.2, 0.25) is 0 Å². The van der Waals surface area contributed by atoms with Crippen molar-refractivity contribution in [2.75, 3.05) is 0 Å². The van der Waals surface area contributed by atoms with Crippen LogP contribution in [0.1, 0.15) is 45.7 Å². The third kappa shape index (κ3) is 3.14. The molecule has 0 aromatic heterocycles. The molecule has 1 fully saturated rings. The van der Waals surface area contributed by atoms with Crippen molar-refractivity contribution in [3.8, 4) is 0 Å². The van der Waals surface area contributed by atoms with Crippen LogP contribution in [0.3, 0.4) is 0 Å². The first-order valence-corrected chi connectivity index (χ1v) is 9.99. The van der Waals surface area contributed by atoms with E-state index >= 15 is 0 Å². The molecule has 0 heterocycles. The Hall–Kier alpha value is -2.86. The fourth-order valence-corrected chi connectivity index (χ4v) is 4.79.